The molecule has 1 heterocycles. The van der Waals surface area contributed by atoms with E-state index in [0.717, 1.165) is 11.1 Å². The van der Waals surface area contributed by atoms with Crippen LogP contribution in [0.4, 0.5) is 0 Å². The van der Waals surface area contributed by atoms with Gasteiger partial charge in [-0.25, -0.2) is 4.98 Å². The summed E-state index contributed by atoms with van der Waals surface area (Å²) in [6, 6.07) is 33.0. The second-order valence-electron chi connectivity index (χ2n) is 8.66. The molecule has 0 saturated carbocycles. The summed E-state index contributed by atoms with van der Waals surface area (Å²) in [5.41, 5.74) is 3.92. The van der Waals surface area contributed by atoms with E-state index in [0.29, 0.717) is 34.0 Å². The summed E-state index contributed by atoms with van der Waals surface area (Å²) >= 11 is 0. The topological polar surface area (TPSA) is 70.4 Å². The second kappa shape index (κ2) is 11.0. The molecule has 0 fully saturated rings. The van der Waals surface area contributed by atoms with Crippen molar-refractivity contribution in [3.8, 4) is 34.0 Å². The Labute approximate surface area is 221 Å². The van der Waals surface area contributed by atoms with Crippen LogP contribution in [0.25, 0.3) is 22.5 Å². The molecule has 38 heavy (non-hydrogen) atoms. The predicted octanol–water partition coefficient (Wildman–Crippen LogP) is 6.35. The van der Waals surface area contributed by atoms with Gasteiger partial charge in [-0.15, -0.1) is 0 Å². The molecule has 5 aromatic rings. The molecule has 0 aliphatic carbocycles. The number of Topliss-reactive ketones (excluding diaryl/α,β-unsaturated/α-hetero) is 1. The van der Waals surface area contributed by atoms with Gasteiger partial charge >= 0.3 is 0 Å². The fraction of sp³-hybridized carbons (Fsp3) is 0.0938. The van der Waals surface area contributed by atoms with Crippen molar-refractivity contribution >= 4 is 11.6 Å². The maximum atomic E-state index is 13.8. The number of ketones is 2. The van der Waals surface area contributed by atoms with Gasteiger partial charge in [0.1, 0.15) is 11.5 Å². The molecule has 0 spiro atoms. The minimum Gasteiger partial charge on any atom is -0.497 e. The lowest BCUT2D eigenvalue weighted by Crippen LogP contribution is -2.18. The number of hydrogen-bond donors (Lipinski definition) is 0. The first kappa shape index (κ1) is 24.7. The maximum Gasteiger partial charge on any atom is 0.228 e. The van der Waals surface area contributed by atoms with E-state index < -0.39 is 0 Å². The van der Waals surface area contributed by atoms with Crippen molar-refractivity contribution in [2.45, 2.75) is 6.54 Å². The molecule has 6 nitrogen and oxygen atoms in total. The van der Waals surface area contributed by atoms with Crippen molar-refractivity contribution in [3.05, 3.63) is 126 Å². The van der Waals surface area contributed by atoms with Crippen molar-refractivity contribution < 1.29 is 19.1 Å². The Morgan fingerprint density at radius 1 is 0.658 bits per heavy atom. The fourth-order valence-electron chi connectivity index (χ4n) is 4.35. The van der Waals surface area contributed by atoms with Crippen molar-refractivity contribution in [2.24, 2.45) is 0 Å². The van der Waals surface area contributed by atoms with Crippen molar-refractivity contribution in [2.75, 3.05) is 14.2 Å². The molecule has 188 valence electrons. The molecule has 1 aromatic heterocycles. The van der Waals surface area contributed by atoms with Crippen LogP contribution in [0.5, 0.6) is 11.5 Å². The van der Waals surface area contributed by atoms with E-state index in [1.54, 1.807) is 43.1 Å². The highest BCUT2D eigenvalue weighted by molar-refractivity contribution is 6.08. The summed E-state index contributed by atoms with van der Waals surface area (Å²) in [5.74, 6) is 1.21. The minimum atomic E-state index is -0.263. The van der Waals surface area contributed by atoms with Crippen LogP contribution in [0, 0.1) is 0 Å². The average molecular weight is 503 g/mol. The highest BCUT2D eigenvalue weighted by Crippen LogP contribution is 2.35. The van der Waals surface area contributed by atoms with Crippen molar-refractivity contribution in [3.63, 3.8) is 0 Å². The van der Waals surface area contributed by atoms with Crippen LogP contribution >= 0.6 is 0 Å². The number of carbonyl (C=O) groups is 2. The van der Waals surface area contributed by atoms with Gasteiger partial charge in [0.2, 0.25) is 5.78 Å². The van der Waals surface area contributed by atoms with E-state index in [2.05, 4.69) is 0 Å². The normalized spacial score (nSPS) is 10.7. The summed E-state index contributed by atoms with van der Waals surface area (Å²) in [7, 11) is 3.22. The summed E-state index contributed by atoms with van der Waals surface area (Å²) in [5, 5.41) is 0. The predicted molar refractivity (Wildman–Crippen MR) is 147 cm³/mol. The Hall–Kier alpha value is -4.97. The zero-order valence-electron chi connectivity index (χ0n) is 21.1. The molecule has 0 saturated heterocycles. The first-order valence-corrected chi connectivity index (χ1v) is 12.2. The van der Waals surface area contributed by atoms with Gasteiger partial charge in [-0.2, -0.15) is 0 Å². The Balaban J connectivity index is 1.74. The molecule has 0 unspecified atom stereocenters. The number of ether oxygens (including phenoxy) is 2. The van der Waals surface area contributed by atoms with Gasteiger partial charge in [-0.1, -0.05) is 60.7 Å². The third kappa shape index (κ3) is 4.97. The van der Waals surface area contributed by atoms with Gasteiger partial charge in [0.25, 0.3) is 0 Å². The van der Waals surface area contributed by atoms with E-state index in [1.165, 1.54) is 0 Å². The number of hydrogen-bond acceptors (Lipinski definition) is 5. The average Bonchev–Trinajstić information content (AvgIpc) is 3.36. The van der Waals surface area contributed by atoms with Crippen LogP contribution in [-0.4, -0.2) is 35.3 Å². The van der Waals surface area contributed by atoms with Crippen LogP contribution < -0.4 is 9.47 Å². The van der Waals surface area contributed by atoms with Gasteiger partial charge in [0.15, 0.2) is 11.6 Å². The second-order valence-corrected chi connectivity index (χ2v) is 8.66. The van der Waals surface area contributed by atoms with E-state index in [1.807, 2.05) is 84.9 Å². The first-order valence-electron chi connectivity index (χ1n) is 12.2. The van der Waals surface area contributed by atoms with E-state index in [9.17, 15) is 9.59 Å². The molecule has 5 rings (SSSR count). The number of nitrogens with zero attached hydrogens (tertiary/aromatic N) is 2. The molecule has 0 amide bonds. The smallest absolute Gasteiger partial charge is 0.228 e. The minimum absolute atomic E-state index is 0.0531. The zero-order chi connectivity index (χ0) is 26.5. The Morgan fingerprint density at radius 2 is 1.16 bits per heavy atom. The molecule has 4 aromatic carbocycles. The summed E-state index contributed by atoms with van der Waals surface area (Å²) < 4.78 is 12.4. The third-order valence-corrected chi connectivity index (χ3v) is 6.33. The molecular formula is C32H26N2O4. The first-order chi connectivity index (χ1) is 18.6. The van der Waals surface area contributed by atoms with Gasteiger partial charge in [-0.05, 0) is 48.5 Å². The Bertz CT molecular complexity index is 1560. The van der Waals surface area contributed by atoms with Crippen molar-refractivity contribution in [1.29, 1.82) is 0 Å². The van der Waals surface area contributed by atoms with Gasteiger partial charge in [0.05, 0.1) is 32.2 Å². The lowest BCUT2D eigenvalue weighted by atomic mass is 10.0. The summed E-state index contributed by atoms with van der Waals surface area (Å²) in [4.78, 5) is 32.1. The summed E-state index contributed by atoms with van der Waals surface area (Å²) in [6.07, 6.45) is 0. The molecule has 0 N–H and O–H groups in total. The number of benzene rings is 4. The molecular weight excluding hydrogens is 476 g/mol. The molecule has 0 aliphatic rings. The SMILES string of the molecule is COc1ccc(-c2nc(C(=O)c3ccccc3)n(CC(=O)c3ccccc3)c2-c2ccc(OC)cc2)cc1. The number of imidazole rings is 1. The standard InChI is InChI=1S/C32H26N2O4/c1-37-26-17-13-23(14-18-26)29-30(24-15-19-27(38-2)20-16-24)34(21-28(35)22-9-5-3-6-10-22)32(33-29)31(36)25-11-7-4-8-12-25/h3-20H,21H2,1-2H3. The number of rotatable bonds is 9. The van der Waals surface area contributed by atoms with Gasteiger partial charge < -0.3 is 14.0 Å². The van der Waals surface area contributed by atoms with E-state index in [4.69, 9.17) is 14.5 Å². The highest BCUT2D eigenvalue weighted by atomic mass is 16.5. The van der Waals surface area contributed by atoms with E-state index in [-0.39, 0.29) is 23.9 Å². The largest absolute Gasteiger partial charge is 0.497 e. The number of carbonyl (C=O) groups excluding carboxylic acids is 2. The molecule has 0 radical (unpaired) electrons. The van der Waals surface area contributed by atoms with Crippen LogP contribution in [-0.2, 0) is 6.54 Å². The lowest BCUT2D eigenvalue weighted by Gasteiger charge is -2.13. The van der Waals surface area contributed by atoms with Crippen molar-refractivity contribution in [1.82, 2.24) is 9.55 Å². The Morgan fingerprint density at radius 3 is 1.68 bits per heavy atom. The van der Waals surface area contributed by atoms with E-state index >= 15 is 0 Å². The maximum absolute atomic E-state index is 13.8. The quantitative estimate of drug-likeness (QED) is 0.220. The monoisotopic (exact) mass is 502 g/mol. The van der Waals surface area contributed by atoms with Gasteiger partial charge in [0, 0.05) is 22.3 Å². The lowest BCUT2D eigenvalue weighted by molar-refractivity contribution is 0.0967. The molecule has 0 atom stereocenters. The fourth-order valence-corrected chi connectivity index (χ4v) is 4.35. The molecule has 0 aliphatic heterocycles. The molecule has 6 heteroatoms. The van der Waals surface area contributed by atoms with Crippen LogP contribution in [0.15, 0.2) is 109 Å². The van der Waals surface area contributed by atoms with Crippen LogP contribution in [0.2, 0.25) is 0 Å². The van der Waals surface area contributed by atoms with Crippen LogP contribution in [0.1, 0.15) is 26.5 Å². The Kier molecular flexibility index (Phi) is 7.13. The van der Waals surface area contributed by atoms with Gasteiger partial charge in [-0.3, -0.25) is 9.59 Å². The summed E-state index contributed by atoms with van der Waals surface area (Å²) in [6.45, 7) is -0.0531. The third-order valence-electron chi connectivity index (χ3n) is 6.33. The molecule has 0 bridgehead atoms. The number of methoxy groups -OCH3 is 2. The highest BCUT2D eigenvalue weighted by Gasteiger charge is 2.26. The number of aromatic nitrogens is 2. The zero-order valence-corrected chi connectivity index (χ0v) is 21.1. The van der Waals surface area contributed by atoms with Crippen LogP contribution in [0.3, 0.4) is 0 Å².